The summed E-state index contributed by atoms with van der Waals surface area (Å²) in [5.41, 5.74) is 1.85. The summed E-state index contributed by atoms with van der Waals surface area (Å²) < 4.78 is 0. The lowest BCUT2D eigenvalue weighted by atomic mass is 10.0. The van der Waals surface area contributed by atoms with Crippen LogP contribution >= 0.6 is 0 Å². The highest BCUT2D eigenvalue weighted by molar-refractivity contribution is 5.95. The van der Waals surface area contributed by atoms with E-state index >= 15 is 0 Å². The maximum Gasteiger partial charge on any atom is 0.358 e. The van der Waals surface area contributed by atoms with Crippen LogP contribution in [0.5, 0.6) is 5.75 Å². The zero-order valence-corrected chi connectivity index (χ0v) is 12.9. The molecular formula is C18H12N4O3. The Bertz CT molecular complexity index is 1050. The Balaban J connectivity index is 1.62. The first-order valence-corrected chi connectivity index (χ1v) is 7.48. The first-order valence-electron chi connectivity index (χ1n) is 7.48. The highest BCUT2D eigenvalue weighted by Gasteiger charge is 2.09. The van der Waals surface area contributed by atoms with E-state index in [4.69, 9.17) is 9.94 Å². The standard InChI is InChI=1S/C18H12N4O3/c23-18(24)17-11-22(21-20-17)25-14-7-5-12(6-8-14)16-10-19-9-13-3-1-2-4-15(13)16/h1-11H,(H,23,24). The monoisotopic (exact) mass is 332 g/mol. The zero-order valence-electron chi connectivity index (χ0n) is 12.9. The van der Waals surface area contributed by atoms with E-state index in [0.29, 0.717) is 5.75 Å². The van der Waals surface area contributed by atoms with E-state index in [-0.39, 0.29) is 5.69 Å². The van der Waals surface area contributed by atoms with Crippen LogP contribution in [0.4, 0.5) is 0 Å². The molecule has 122 valence electrons. The van der Waals surface area contributed by atoms with Crippen molar-refractivity contribution in [2.24, 2.45) is 0 Å². The van der Waals surface area contributed by atoms with Crippen LogP contribution in [0.2, 0.25) is 0 Å². The molecule has 2 aromatic carbocycles. The number of carboxylic acid groups (broad SMARTS) is 1. The molecule has 1 N–H and O–H groups in total. The van der Waals surface area contributed by atoms with Crippen molar-refractivity contribution in [2.45, 2.75) is 0 Å². The first kappa shape index (κ1) is 14.8. The van der Waals surface area contributed by atoms with Gasteiger partial charge in [0.2, 0.25) is 0 Å². The fourth-order valence-electron chi connectivity index (χ4n) is 2.54. The van der Waals surface area contributed by atoms with Gasteiger partial charge in [-0.3, -0.25) is 4.98 Å². The normalized spacial score (nSPS) is 10.7. The van der Waals surface area contributed by atoms with Crippen LogP contribution in [-0.2, 0) is 0 Å². The lowest BCUT2D eigenvalue weighted by Gasteiger charge is -2.07. The summed E-state index contributed by atoms with van der Waals surface area (Å²) >= 11 is 0. The van der Waals surface area contributed by atoms with E-state index in [1.165, 1.54) is 6.20 Å². The average Bonchev–Trinajstić information content (AvgIpc) is 3.11. The molecule has 25 heavy (non-hydrogen) atoms. The highest BCUT2D eigenvalue weighted by Crippen LogP contribution is 2.28. The molecule has 0 aliphatic rings. The van der Waals surface area contributed by atoms with Gasteiger partial charge < -0.3 is 9.94 Å². The van der Waals surface area contributed by atoms with Crippen LogP contribution in [0.25, 0.3) is 21.9 Å². The van der Waals surface area contributed by atoms with Gasteiger partial charge in [0, 0.05) is 23.3 Å². The summed E-state index contributed by atoms with van der Waals surface area (Å²) in [6.45, 7) is 0. The van der Waals surface area contributed by atoms with Crippen LogP contribution in [0.15, 0.2) is 67.1 Å². The molecule has 0 spiro atoms. The third-order valence-electron chi connectivity index (χ3n) is 3.72. The van der Waals surface area contributed by atoms with Crippen molar-refractivity contribution in [2.75, 3.05) is 0 Å². The number of carboxylic acids is 1. The number of hydrogen-bond acceptors (Lipinski definition) is 5. The number of aromatic nitrogens is 4. The number of nitrogens with zero attached hydrogens (tertiary/aromatic N) is 4. The summed E-state index contributed by atoms with van der Waals surface area (Å²) in [4.78, 5) is 21.6. The summed E-state index contributed by atoms with van der Waals surface area (Å²) in [6, 6.07) is 15.4. The van der Waals surface area contributed by atoms with Gasteiger partial charge in [-0.05, 0) is 28.3 Å². The average molecular weight is 332 g/mol. The van der Waals surface area contributed by atoms with Crippen molar-refractivity contribution in [1.82, 2.24) is 20.1 Å². The van der Waals surface area contributed by atoms with Crippen LogP contribution < -0.4 is 4.84 Å². The second kappa shape index (κ2) is 6.04. The van der Waals surface area contributed by atoms with Crippen molar-refractivity contribution in [1.29, 1.82) is 0 Å². The number of fused-ring (bicyclic) bond motifs is 1. The minimum absolute atomic E-state index is 0.182. The van der Waals surface area contributed by atoms with E-state index in [0.717, 1.165) is 26.7 Å². The SMILES string of the molecule is O=C(O)c1cn(Oc2ccc(-c3cncc4ccccc34)cc2)nn1. The Labute approximate surface area is 142 Å². The number of benzene rings is 2. The summed E-state index contributed by atoms with van der Waals surface area (Å²) in [6.07, 6.45) is 4.86. The van der Waals surface area contributed by atoms with Crippen LogP contribution in [-0.4, -0.2) is 31.2 Å². The van der Waals surface area contributed by atoms with Crippen molar-refractivity contribution in [3.8, 4) is 16.9 Å². The van der Waals surface area contributed by atoms with E-state index in [2.05, 4.69) is 21.4 Å². The molecule has 4 aromatic rings. The molecule has 0 aliphatic heterocycles. The summed E-state index contributed by atoms with van der Waals surface area (Å²) in [7, 11) is 0. The highest BCUT2D eigenvalue weighted by atomic mass is 16.7. The van der Waals surface area contributed by atoms with Crippen molar-refractivity contribution in [3.63, 3.8) is 0 Å². The van der Waals surface area contributed by atoms with Gasteiger partial charge in [-0.25, -0.2) is 4.79 Å². The topological polar surface area (TPSA) is 90.1 Å². The molecule has 7 heteroatoms. The fraction of sp³-hybridized carbons (Fsp3) is 0. The second-order valence-electron chi connectivity index (χ2n) is 5.34. The predicted octanol–water partition coefficient (Wildman–Crippen LogP) is 3.03. The largest absolute Gasteiger partial charge is 0.476 e. The fourth-order valence-corrected chi connectivity index (χ4v) is 2.54. The number of aromatic carboxylic acids is 1. The van der Waals surface area contributed by atoms with Crippen LogP contribution in [0.1, 0.15) is 10.5 Å². The van der Waals surface area contributed by atoms with E-state index in [1.807, 2.05) is 42.7 Å². The minimum atomic E-state index is -1.16. The van der Waals surface area contributed by atoms with Crippen molar-refractivity contribution in [3.05, 3.63) is 72.8 Å². The molecule has 0 atom stereocenters. The molecule has 0 aliphatic carbocycles. The van der Waals surface area contributed by atoms with Gasteiger partial charge in [-0.2, -0.15) is 0 Å². The molecule has 0 amide bonds. The van der Waals surface area contributed by atoms with Crippen LogP contribution in [0, 0.1) is 0 Å². The number of pyridine rings is 1. The van der Waals surface area contributed by atoms with E-state index in [9.17, 15) is 4.79 Å². The maximum absolute atomic E-state index is 10.8. The predicted molar refractivity (Wildman–Crippen MR) is 90.2 cm³/mol. The molecule has 0 bridgehead atoms. The molecule has 2 aromatic heterocycles. The van der Waals surface area contributed by atoms with Gasteiger partial charge in [0.25, 0.3) is 0 Å². The Morgan fingerprint density at radius 2 is 1.84 bits per heavy atom. The van der Waals surface area contributed by atoms with Crippen molar-refractivity contribution < 1.29 is 14.7 Å². The van der Waals surface area contributed by atoms with Gasteiger partial charge in [-0.1, -0.05) is 41.2 Å². The Hall–Kier alpha value is -3.74. The molecule has 2 heterocycles. The maximum atomic E-state index is 10.8. The molecule has 0 fully saturated rings. The molecule has 4 rings (SSSR count). The molecule has 0 radical (unpaired) electrons. The van der Waals surface area contributed by atoms with Gasteiger partial charge in [0.15, 0.2) is 11.4 Å². The lowest BCUT2D eigenvalue weighted by Crippen LogP contribution is -2.05. The summed E-state index contributed by atoms with van der Waals surface area (Å²) in [5.74, 6) is -0.646. The van der Waals surface area contributed by atoms with Gasteiger partial charge in [0.1, 0.15) is 6.20 Å². The molecule has 7 nitrogen and oxygen atoms in total. The van der Waals surface area contributed by atoms with E-state index < -0.39 is 5.97 Å². The second-order valence-corrected chi connectivity index (χ2v) is 5.34. The lowest BCUT2D eigenvalue weighted by molar-refractivity contribution is 0.0690. The molecular weight excluding hydrogens is 320 g/mol. The Kier molecular flexibility index (Phi) is 3.59. The van der Waals surface area contributed by atoms with Gasteiger partial charge >= 0.3 is 5.97 Å². The van der Waals surface area contributed by atoms with Gasteiger partial charge in [0.05, 0.1) is 0 Å². The third-order valence-corrected chi connectivity index (χ3v) is 3.72. The van der Waals surface area contributed by atoms with E-state index in [1.54, 1.807) is 12.1 Å². The third kappa shape index (κ3) is 2.90. The van der Waals surface area contributed by atoms with Gasteiger partial charge in [-0.15, -0.1) is 5.10 Å². The minimum Gasteiger partial charge on any atom is -0.476 e. The zero-order chi connectivity index (χ0) is 17.2. The smallest absolute Gasteiger partial charge is 0.358 e. The molecule has 0 unspecified atom stereocenters. The Morgan fingerprint density at radius 1 is 1.04 bits per heavy atom. The summed E-state index contributed by atoms with van der Waals surface area (Å²) in [5, 5.41) is 18.1. The number of hydrogen-bond donors (Lipinski definition) is 1. The van der Waals surface area contributed by atoms with Crippen LogP contribution in [0.3, 0.4) is 0 Å². The number of carbonyl (C=O) groups is 1. The Morgan fingerprint density at radius 3 is 2.60 bits per heavy atom. The molecule has 0 saturated carbocycles. The molecule has 0 saturated heterocycles. The first-order chi connectivity index (χ1) is 12.2. The van der Waals surface area contributed by atoms with Crippen molar-refractivity contribution >= 4 is 16.7 Å². The number of rotatable bonds is 4. The quantitative estimate of drug-likeness (QED) is 0.618.